The molecule has 10 heteroatoms. The molecule has 3 heterocycles. The molecule has 2 aliphatic heterocycles. The topological polar surface area (TPSA) is 126 Å². The molecule has 2 atom stereocenters. The van der Waals surface area contributed by atoms with Gasteiger partial charge in [0.2, 0.25) is 5.91 Å². The molecule has 2 N–H and O–H groups in total. The lowest BCUT2D eigenvalue weighted by atomic mass is 9.91. The summed E-state index contributed by atoms with van der Waals surface area (Å²) in [4.78, 5) is 61.2. The van der Waals surface area contributed by atoms with Crippen LogP contribution in [0.4, 0.5) is 5.69 Å². The van der Waals surface area contributed by atoms with Gasteiger partial charge >= 0.3 is 17.8 Å². The molecule has 5 rings (SSSR count). The van der Waals surface area contributed by atoms with Gasteiger partial charge in [0.15, 0.2) is 6.23 Å². The Morgan fingerprint density at radius 2 is 1.74 bits per heavy atom. The Labute approximate surface area is 221 Å². The number of para-hydroxylation sites is 1. The molecule has 2 unspecified atom stereocenters. The molecule has 1 aliphatic carbocycles. The van der Waals surface area contributed by atoms with Crippen LogP contribution in [-0.4, -0.2) is 63.3 Å². The fourth-order valence-corrected chi connectivity index (χ4v) is 5.80. The summed E-state index contributed by atoms with van der Waals surface area (Å²) in [5.74, 6) is 3.69. The van der Waals surface area contributed by atoms with Crippen LogP contribution in [0.3, 0.4) is 0 Å². The second-order valence-electron chi connectivity index (χ2n) is 10.1. The zero-order valence-electron chi connectivity index (χ0n) is 21.3. The Bertz CT molecular complexity index is 1200. The van der Waals surface area contributed by atoms with E-state index in [2.05, 4.69) is 4.98 Å². The Hall–Kier alpha value is -3.79. The number of pyridine rings is 1. The van der Waals surface area contributed by atoms with Crippen molar-refractivity contribution in [2.75, 3.05) is 11.6 Å². The highest BCUT2D eigenvalue weighted by Crippen LogP contribution is 2.31. The van der Waals surface area contributed by atoms with Crippen molar-refractivity contribution in [2.24, 2.45) is 5.84 Å². The van der Waals surface area contributed by atoms with E-state index in [0.717, 1.165) is 37.1 Å². The molecule has 200 valence electrons. The summed E-state index contributed by atoms with van der Waals surface area (Å²) in [5, 5.41) is 0.848. The van der Waals surface area contributed by atoms with Crippen molar-refractivity contribution in [3.63, 3.8) is 0 Å². The van der Waals surface area contributed by atoms with Crippen LogP contribution < -0.4 is 10.9 Å². The van der Waals surface area contributed by atoms with Crippen LogP contribution in [0.1, 0.15) is 56.2 Å². The van der Waals surface area contributed by atoms with E-state index in [1.54, 1.807) is 47.5 Å². The van der Waals surface area contributed by atoms with E-state index in [9.17, 15) is 19.2 Å². The van der Waals surface area contributed by atoms with Crippen LogP contribution in [0.25, 0.3) is 0 Å². The summed E-state index contributed by atoms with van der Waals surface area (Å²) in [6, 6.07) is 11.2. The third-order valence-electron chi connectivity index (χ3n) is 7.70. The smallest absolute Gasteiger partial charge is 0.331 e. The number of aromatic nitrogens is 1. The SMILES string of the molecule is NN1C(=O)C(=O)N2CCCC2OC(=O)C(N(C(=O)Cc2ccccn2)C2CCCCC2)Cc2ccccc21. The number of carbonyl (C=O) groups excluding carboxylic acids is 4. The molecule has 2 aromatic rings. The number of ether oxygens (including phenoxy) is 1. The van der Waals surface area contributed by atoms with Crippen LogP contribution >= 0.6 is 0 Å². The van der Waals surface area contributed by atoms with Gasteiger partial charge in [0.1, 0.15) is 6.04 Å². The molecule has 1 saturated carbocycles. The Morgan fingerprint density at radius 3 is 2.50 bits per heavy atom. The highest BCUT2D eigenvalue weighted by Gasteiger charge is 2.43. The third-order valence-corrected chi connectivity index (χ3v) is 7.70. The van der Waals surface area contributed by atoms with Gasteiger partial charge in [-0.25, -0.2) is 15.6 Å². The number of nitrogens with zero attached hydrogens (tertiary/aromatic N) is 4. The Morgan fingerprint density at radius 1 is 0.974 bits per heavy atom. The highest BCUT2D eigenvalue weighted by molar-refractivity contribution is 6.40. The number of benzene rings is 1. The van der Waals surface area contributed by atoms with Crippen LogP contribution in [0.15, 0.2) is 48.7 Å². The minimum Gasteiger partial charge on any atom is -0.440 e. The van der Waals surface area contributed by atoms with E-state index in [1.807, 2.05) is 6.07 Å². The third kappa shape index (κ3) is 5.26. The summed E-state index contributed by atoms with van der Waals surface area (Å²) in [7, 11) is 0. The number of carbonyl (C=O) groups is 4. The average Bonchev–Trinajstić information content (AvgIpc) is 3.40. The summed E-state index contributed by atoms with van der Waals surface area (Å²) in [6.07, 6.45) is 6.51. The number of rotatable bonds is 4. The minimum absolute atomic E-state index is 0.0539. The predicted molar refractivity (Wildman–Crippen MR) is 138 cm³/mol. The van der Waals surface area contributed by atoms with Crippen molar-refractivity contribution >= 4 is 29.4 Å². The summed E-state index contributed by atoms with van der Waals surface area (Å²) in [6.45, 7) is 0.285. The van der Waals surface area contributed by atoms with Crippen molar-refractivity contribution in [3.05, 3.63) is 59.9 Å². The second-order valence-corrected chi connectivity index (χ2v) is 10.1. The lowest BCUT2D eigenvalue weighted by Crippen LogP contribution is -2.54. The molecule has 38 heavy (non-hydrogen) atoms. The van der Waals surface area contributed by atoms with Gasteiger partial charge in [-0.3, -0.25) is 24.3 Å². The molecular formula is C28H33N5O5. The molecule has 0 spiro atoms. The summed E-state index contributed by atoms with van der Waals surface area (Å²) >= 11 is 0. The number of amides is 3. The number of nitrogens with two attached hydrogens (primary N) is 1. The van der Waals surface area contributed by atoms with Gasteiger partial charge in [-0.2, -0.15) is 0 Å². The molecule has 10 nitrogen and oxygen atoms in total. The van der Waals surface area contributed by atoms with Crippen LogP contribution in [0, 0.1) is 0 Å². The van der Waals surface area contributed by atoms with E-state index < -0.39 is 30.1 Å². The highest BCUT2D eigenvalue weighted by atomic mass is 16.6. The quantitative estimate of drug-likeness (QED) is 0.284. The number of fused-ring (bicyclic) bond motifs is 2. The van der Waals surface area contributed by atoms with Gasteiger partial charge in [0, 0.05) is 37.3 Å². The van der Waals surface area contributed by atoms with Gasteiger partial charge in [-0.05, 0) is 43.0 Å². The van der Waals surface area contributed by atoms with E-state index in [4.69, 9.17) is 10.6 Å². The molecule has 0 bridgehead atoms. The largest absolute Gasteiger partial charge is 0.440 e. The average molecular weight is 520 g/mol. The Kier molecular flexibility index (Phi) is 7.69. The van der Waals surface area contributed by atoms with Crippen molar-refractivity contribution in [1.29, 1.82) is 0 Å². The first-order chi connectivity index (χ1) is 18.4. The molecule has 1 aromatic heterocycles. The number of anilines is 1. The molecule has 2 fully saturated rings. The molecular weight excluding hydrogens is 486 g/mol. The van der Waals surface area contributed by atoms with E-state index >= 15 is 0 Å². The lowest BCUT2D eigenvalue weighted by Gasteiger charge is -2.39. The number of hydrogen-bond donors (Lipinski definition) is 1. The predicted octanol–water partition coefficient (Wildman–Crippen LogP) is 2.11. The molecule has 0 radical (unpaired) electrons. The van der Waals surface area contributed by atoms with Crippen LogP contribution in [0.2, 0.25) is 0 Å². The normalized spacial score (nSPS) is 22.8. The zero-order chi connectivity index (χ0) is 26.6. The van der Waals surface area contributed by atoms with E-state index in [1.165, 1.54) is 4.90 Å². The maximum Gasteiger partial charge on any atom is 0.331 e. The van der Waals surface area contributed by atoms with Gasteiger partial charge in [-0.1, -0.05) is 43.5 Å². The van der Waals surface area contributed by atoms with Crippen molar-refractivity contribution < 1.29 is 23.9 Å². The first-order valence-electron chi connectivity index (χ1n) is 13.3. The first kappa shape index (κ1) is 25.8. The van der Waals surface area contributed by atoms with Gasteiger partial charge < -0.3 is 9.64 Å². The van der Waals surface area contributed by atoms with Crippen LogP contribution in [0.5, 0.6) is 0 Å². The van der Waals surface area contributed by atoms with Gasteiger partial charge in [-0.15, -0.1) is 0 Å². The maximum atomic E-state index is 13.9. The molecule has 1 aromatic carbocycles. The van der Waals surface area contributed by atoms with Gasteiger partial charge in [0.05, 0.1) is 12.1 Å². The maximum absolute atomic E-state index is 13.9. The molecule has 1 saturated heterocycles. The number of hydrogen-bond acceptors (Lipinski definition) is 7. The van der Waals surface area contributed by atoms with Crippen molar-refractivity contribution in [3.8, 4) is 0 Å². The van der Waals surface area contributed by atoms with E-state index in [-0.39, 0.29) is 31.3 Å². The van der Waals surface area contributed by atoms with Gasteiger partial charge in [0.25, 0.3) is 0 Å². The monoisotopic (exact) mass is 519 g/mol. The van der Waals surface area contributed by atoms with Crippen molar-refractivity contribution in [1.82, 2.24) is 14.8 Å². The minimum atomic E-state index is -0.949. The lowest BCUT2D eigenvalue weighted by molar-refractivity contribution is -0.171. The Balaban J connectivity index is 1.57. The van der Waals surface area contributed by atoms with Crippen molar-refractivity contribution in [2.45, 2.75) is 76.1 Å². The molecule has 3 aliphatic rings. The standard InChI is InChI=1S/C28H33N5O5/c29-33-22-13-5-4-9-19(22)17-23(28(37)38-25-14-8-16-31(25)26(35)27(33)36)32(21-11-2-1-3-12-21)24(34)18-20-10-6-7-15-30-20/h4-7,9-10,13,15,21,23,25H,1-3,8,11-12,14,16-18,29H2. The number of esters is 1. The van der Waals surface area contributed by atoms with Crippen LogP contribution in [-0.2, 0) is 36.8 Å². The van der Waals surface area contributed by atoms with E-state index in [0.29, 0.717) is 29.8 Å². The first-order valence-corrected chi connectivity index (χ1v) is 13.3. The zero-order valence-corrected chi connectivity index (χ0v) is 21.3. The second kappa shape index (κ2) is 11.3. The summed E-state index contributed by atoms with van der Waals surface area (Å²) < 4.78 is 5.91. The fraction of sp³-hybridized carbons (Fsp3) is 0.464. The fourth-order valence-electron chi connectivity index (χ4n) is 5.80. The number of hydrazine groups is 1. The summed E-state index contributed by atoms with van der Waals surface area (Å²) in [5.41, 5.74) is 1.52. The molecule has 3 amide bonds.